The molecule has 0 heterocycles. The van der Waals surface area contributed by atoms with E-state index in [1.807, 2.05) is 19.1 Å². The van der Waals surface area contributed by atoms with Crippen molar-refractivity contribution in [3.05, 3.63) is 33.8 Å². The van der Waals surface area contributed by atoms with Gasteiger partial charge in [0, 0.05) is 12.6 Å². The van der Waals surface area contributed by atoms with Gasteiger partial charge in [0.05, 0.1) is 16.1 Å². The van der Waals surface area contributed by atoms with Gasteiger partial charge in [-0.2, -0.15) is 0 Å². The Morgan fingerprint density at radius 3 is 2.47 bits per heavy atom. The third kappa shape index (κ3) is 3.99. The smallest absolute Gasteiger partial charge is 0.0636 e. The minimum atomic E-state index is -0.352. The predicted octanol–water partition coefficient (Wildman–Crippen LogP) is 3.02. The molecule has 0 aliphatic rings. The fraction of sp³-hybridized carbons (Fsp3) is 0.455. The average Bonchev–Trinajstić information content (AvgIpc) is 2.18. The van der Waals surface area contributed by atoms with E-state index in [1.54, 1.807) is 13.0 Å². The SMILES string of the molecule is C[C@H](NC[C@@H](C)O)c1ccc(Cl)c(Cl)c1. The Balaban J connectivity index is 2.65. The summed E-state index contributed by atoms with van der Waals surface area (Å²) in [5, 5.41) is 13.4. The third-order valence-electron chi connectivity index (χ3n) is 2.16. The van der Waals surface area contributed by atoms with E-state index >= 15 is 0 Å². The highest BCUT2D eigenvalue weighted by molar-refractivity contribution is 6.42. The van der Waals surface area contributed by atoms with Crippen LogP contribution in [0.25, 0.3) is 0 Å². The number of aliphatic hydroxyl groups is 1. The van der Waals surface area contributed by atoms with E-state index in [-0.39, 0.29) is 12.1 Å². The molecule has 2 N–H and O–H groups in total. The summed E-state index contributed by atoms with van der Waals surface area (Å²) in [6, 6.07) is 5.69. The zero-order chi connectivity index (χ0) is 11.4. The predicted molar refractivity (Wildman–Crippen MR) is 64.6 cm³/mol. The van der Waals surface area contributed by atoms with Crippen LogP contribution in [0, 0.1) is 0 Å². The summed E-state index contributed by atoms with van der Waals surface area (Å²) in [5.74, 6) is 0. The lowest BCUT2D eigenvalue weighted by atomic mass is 10.1. The van der Waals surface area contributed by atoms with Gasteiger partial charge in [-0.3, -0.25) is 0 Å². The average molecular weight is 248 g/mol. The summed E-state index contributed by atoms with van der Waals surface area (Å²) >= 11 is 11.7. The van der Waals surface area contributed by atoms with E-state index in [0.717, 1.165) is 5.56 Å². The first-order chi connectivity index (χ1) is 7.00. The van der Waals surface area contributed by atoms with Crippen LogP contribution in [0.15, 0.2) is 18.2 Å². The Kier molecular flexibility index (Phi) is 4.87. The maximum absolute atomic E-state index is 9.14. The molecule has 0 saturated carbocycles. The normalized spacial score (nSPS) is 15.0. The van der Waals surface area contributed by atoms with Gasteiger partial charge < -0.3 is 10.4 Å². The minimum absolute atomic E-state index is 0.148. The second kappa shape index (κ2) is 5.71. The Morgan fingerprint density at radius 2 is 1.93 bits per heavy atom. The molecule has 0 bridgehead atoms. The molecule has 0 unspecified atom stereocenters. The Labute approximate surface area is 100 Å². The van der Waals surface area contributed by atoms with Crippen molar-refractivity contribution in [3.8, 4) is 0 Å². The number of halogens is 2. The van der Waals surface area contributed by atoms with Gasteiger partial charge in [0.1, 0.15) is 0 Å². The topological polar surface area (TPSA) is 32.3 Å². The molecule has 0 saturated heterocycles. The maximum atomic E-state index is 9.14. The monoisotopic (exact) mass is 247 g/mol. The van der Waals surface area contributed by atoms with Gasteiger partial charge in [0.2, 0.25) is 0 Å². The van der Waals surface area contributed by atoms with Crippen molar-refractivity contribution in [3.63, 3.8) is 0 Å². The standard InChI is InChI=1S/C11H15Cl2NO/c1-7(15)6-14-8(2)9-3-4-10(12)11(13)5-9/h3-5,7-8,14-15H,6H2,1-2H3/t7-,8+/m1/s1. The second-order valence-corrected chi connectivity index (χ2v) is 4.47. The molecule has 15 heavy (non-hydrogen) atoms. The lowest BCUT2D eigenvalue weighted by Gasteiger charge is -2.15. The van der Waals surface area contributed by atoms with Crippen LogP contribution in [0.2, 0.25) is 10.0 Å². The zero-order valence-corrected chi connectivity index (χ0v) is 10.3. The molecular weight excluding hydrogens is 233 g/mol. The zero-order valence-electron chi connectivity index (χ0n) is 8.80. The van der Waals surface area contributed by atoms with Crippen molar-refractivity contribution in [2.24, 2.45) is 0 Å². The summed E-state index contributed by atoms with van der Waals surface area (Å²) < 4.78 is 0. The van der Waals surface area contributed by atoms with Gasteiger partial charge in [-0.15, -0.1) is 0 Å². The molecule has 84 valence electrons. The molecule has 2 nitrogen and oxygen atoms in total. The minimum Gasteiger partial charge on any atom is -0.392 e. The molecule has 1 rings (SSSR count). The molecule has 1 aromatic rings. The summed E-state index contributed by atoms with van der Waals surface area (Å²) in [6.45, 7) is 4.32. The number of hydrogen-bond acceptors (Lipinski definition) is 2. The van der Waals surface area contributed by atoms with Crippen LogP contribution >= 0.6 is 23.2 Å². The van der Waals surface area contributed by atoms with Crippen LogP contribution in [-0.4, -0.2) is 17.8 Å². The van der Waals surface area contributed by atoms with Crippen molar-refractivity contribution in [2.75, 3.05) is 6.54 Å². The summed E-state index contributed by atoms with van der Waals surface area (Å²) in [5.41, 5.74) is 1.06. The third-order valence-corrected chi connectivity index (χ3v) is 2.90. The molecular formula is C11H15Cl2NO. The highest BCUT2D eigenvalue weighted by Gasteiger charge is 2.07. The van der Waals surface area contributed by atoms with Crippen molar-refractivity contribution in [2.45, 2.75) is 26.0 Å². The van der Waals surface area contributed by atoms with Gasteiger partial charge in [0.15, 0.2) is 0 Å². The van der Waals surface area contributed by atoms with E-state index in [2.05, 4.69) is 5.32 Å². The summed E-state index contributed by atoms with van der Waals surface area (Å²) in [7, 11) is 0. The van der Waals surface area contributed by atoms with Crippen molar-refractivity contribution >= 4 is 23.2 Å². The van der Waals surface area contributed by atoms with E-state index in [4.69, 9.17) is 28.3 Å². The molecule has 0 radical (unpaired) electrons. The Morgan fingerprint density at radius 1 is 1.27 bits per heavy atom. The fourth-order valence-electron chi connectivity index (χ4n) is 1.25. The lowest BCUT2D eigenvalue weighted by Crippen LogP contribution is -2.27. The van der Waals surface area contributed by atoms with Crippen LogP contribution in [0.3, 0.4) is 0 Å². The van der Waals surface area contributed by atoms with Gasteiger partial charge in [-0.25, -0.2) is 0 Å². The number of rotatable bonds is 4. The van der Waals surface area contributed by atoms with Crippen molar-refractivity contribution in [1.82, 2.24) is 5.32 Å². The first kappa shape index (κ1) is 12.8. The van der Waals surface area contributed by atoms with E-state index in [1.165, 1.54) is 0 Å². The molecule has 2 atom stereocenters. The number of aliphatic hydroxyl groups excluding tert-OH is 1. The molecule has 0 fully saturated rings. The van der Waals surface area contributed by atoms with Crippen molar-refractivity contribution in [1.29, 1.82) is 0 Å². The first-order valence-corrected chi connectivity index (χ1v) is 5.62. The molecule has 0 aliphatic carbocycles. The molecule has 4 heteroatoms. The first-order valence-electron chi connectivity index (χ1n) is 4.87. The molecule has 0 aromatic heterocycles. The number of benzene rings is 1. The second-order valence-electron chi connectivity index (χ2n) is 3.65. The van der Waals surface area contributed by atoms with Crippen molar-refractivity contribution < 1.29 is 5.11 Å². The highest BCUT2D eigenvalue weighted by atomic mass is 35.5. The van der Waals surface area contributed by atoms with Gasteiger partial charge in [-0.1, -0.05) is 29.3 Å². The van der Waals surface area contributed by atoms with E-state index < -0.39 is 0 Å². The fourth-order valence-corrected chi connectivity index (χ4v) is 1.55. The molecule has 0 spiro atoms. The lowest BCUT2D eigenvalue weighted by molar-refractivity contribution is 0.187. The van der Waals surface area contributed by atoms with Gasteiger partial charge >= 0.3 is 0 Å². The summed E-state index contributed by atoms with van der Waals surface area (Å²) in [6.07, 6.45) is -0.352. The van der Waals surface area contributed by atoms with Gasteiger partial charge in [-0.05, 0) is 31.5 Å². The molecule has 0 aliphatic heterocycles. The van der Waals surface area contributed by atoms with Crippen LogP contribution in [0.4, 0.5) is 0 Å². The number of nitrogens with one attached hydrogen (secondary N) is 1. The van der Waals surface area contributed by atoms with Crippen LogP contribution in [-0.2, 0) is 0 Å². The van der Waals surface area contributed by atoms with Crippen LogP contribution in [0.5, 0.6) is 0 Å². The van der Waals surface area contributed by atoms with Crippen LogP contribution < -0.4 is 5.32 Å². The Bertz CT molecular complexity index is 328. The largest absolute Gasteiger partial charge is 0.392 e. The Hall–Kier alpha value is -0.280. The number of hydrogen-bond donors (Lipinski definition) is 2. The van der Waals surface area contributed by atoms with Crippen LogP contribution in [0.1, 0.15) is 25.5 Å². The van der Waals surface area contributed by atoms with E-state index in [9.17, 15) is 0 Å². The maximum Gasteiger partial charge on any atom is 0.0636 e. The molecule has 0 amide bonds. The summed E-state index contributed by atoms with van der Waals surface area (Å²) in [4.78, 5) is 0. The van der Waals surface area contributed by atoms with Gasteiger partial charge in [0.25, 0.3) is 0 Å². The highest BCUT2D eigenvalue weighted by Crippen LogP contribution is 2.25. The quantitative estimate of drug-likeness (QED) is 0.858. The van der Waals surface area contributed by atoms with E-state index in [0.29, 0.717) is 16.6 Å². The molecule has 1 aromatic carbocycles.